The first kappa shape index (κ1) is 19.4. The average molecular weight is 346 g/mol. The molecule has 0 atom stereocenters. The summed E-state index contributed by atoms with van der Waals surface area (Å²) < 4.78 is 25.3. The number of halogens is 1. The maximum absolute atomic E-state index is 14.3. The molecule has 0 bridgehead atoms. The van der Waals surface area contributed by atoms with E-state index in [-0.39, 0.29) is 5.46 Å². The number of benzene rings is 2. The van der Waals surface area contributed by atoms with Crippen LogP contribution in [-0.4, -0.2) is 28.5 Å². The fraction of sp³-hybridized carbons (Fsp3) is 0.368. The van der Waals surface area contributed by atoms with Crippen molar-refractivity contribution >= 4 is 12.6 Å². The zero-order valence-electron chi connectivity index (χ0n) is 15.0. The molecule has 2 aromatic carbocycles. The Hall–Kier alpha value is -1.89. The van der Waals surface area contributed by atoms with Crippen molar-refractivity contribution in [1.82, 2.24) is 0 Å². The van der Waals surface area contributed by atoms with E-state index >= 15 is 0 Å². The van der Waals surface area contributed by atoms with Gasteiger partial charge in [-0.25, -0.2) is 4.39 Å². The van der Waals surface area contributed by atoms with E-state index < -0.39 is 24.1 Å². The van der Waals surface area contributed by atoms with E-state index in [2.05, 4.69) is 0 Å². The molecule has 0 saturated heterocycles. The molecule has 0 aliphatic carbocycles. The molecule has 134 valence electrons. The second kappa shape index (κ2) is 7.56. The summed E-state index contributed by atoms with van der Waals surface area (Å²) in [5, 5.41) is 20.3. The molecular formula is C19H24BFO4. The molecule has 0 aliphatic heterocycles. The Morgan fingerprint density at radius 3 is 2.24 bits per heavy atom. The summed E-state index contributed by atoms with van der Waals surface area (Å²) in [5.41, 5.74) is -1.31. The molecule has 0 heterocycles. The number of ether oxygens (including phenoxy) is 1. The fourth-order valence-corrected chi connectivity index (χ4v) is 2.03. The van der Waals surface area contributed by atoms with Crippen LogP contribution >= 0.6 is 0 Å². The van der Waals surface area contributed by atoms with Crippen LogP contribution in [0.3, 0.4) is 0 Å². The maximum Gasteiger partial charge on any atom is 0.494 e. The first-order valence-electron chi connectivity index (χ1n) is 8.14. The van der Waals surface area contributed by atoms with Crippen molar-refractivity contribution in [1.29, 1.82) is 0 Å². The first-order valence-corrected chi connectivity index (χ1v) is 8.14. The van der Waals surface area contributed by atoms with Crippen LogP contribution in [0.5, 0.6) is 5.75 Å². The van der Waals surface area contributed by atoms with E-state index in [4.69, 9.17) is 9.39 Å². The minimum atomic E-state index is -1.50. The lowest BCUT2D eigenvalue weighted by molar-refractivity contribution is -0.0983. The highest BCUT2D eigenvalue weighted by Gasteiger charge is 2.40. The SMILES string of the molecule is CC(C)(O)C(C)(C)OB(O)c1ccc(OCc2ccccc2)cc1F. The Bertz CT molecular complexity index is 698. The van der Waals surface area contributed by atoms with Crippen LogP contribution in [-0.2, 0) is 11.3 Å². The van der Waals surface area contributed by atoms with Crippen LogP contribution in [0.25, 0.3) is 0 Å². The standard InChI is InChI=1S/C19H24BFO4/c1-18(2,22)19(3,4)25-20(23)16-11-10-15(12-17(16)21)24-13-14-8-6-5-7-9-14/h5-12,22-23H,13H2,1-4H3. The molecular weight excluding hydrogens is 322 g/mol. The van der Waals surface area contributed by atoms with Gasteiger partial charge in [-0.3, -0.25) is 0 Å². The lowest BCUT2D eigenvalue weighted by Crippen LogP contribution is -2.53. The highest BCUT2D eigenvalue weighted by atomic mass is 19.1. The van der Waals surface area contributed by atoms with Gasteiger partial charge in [0.05, 0.1) is 11.2 Å². The Labute approximate surface area is 148 Å². The predicted octanol–water partition coefficient (Wildman–Crippen LogP) is 2.66. The van der Waals surface area contributed by atoms with Gasteiger partial charge in [0.15, 0.2) is 0 Å². The molecule has 4 nitrogen and oxygen atoms in total. The molecule has 2 N–H and O–H groups in total. The minimum Gasteiger partial charge on any atom is -0.489 e. The molecule has 0 radical (unpaired) electrons. The van der Waals surface area contributed by atoms with Gasteiger partial charge in [-0.2, -0.15) is 0 Å². The molecule has 0 spiro atoms. The van der Waals surface area contributed by atoms with Gasteiger partial charge in [0.2, 0.25) is 0 Å². The Balaban J connectivity index is 2.06. The van der Waals surface area contributed by atoms with Crippen LogP contribution in [0.4, 0.5) is 4.39 Å². The highest BCUT2D eigenvalue weighted by molar-refractivity contribution is 6.60. The number of aliphatic hydroxyl groups is 1. The molecule has 0 amide bonds. The molecule has 6 heteroatoms. The molecule has 0 unspecified atom stereocenters. The molecule has 0 saturated carbocycles. The Kier molecular flexibility index (Phi) is 5.88. The summed E-state index contributed by atoms with van der Waals surface area (Å²) >= 11 is 0. The summed E-state index contributed by atoms with van der Waals surface area (Å²) in [6.07, 6.45) is 0. The maximum atomic E-state index is 14.3. The van der Waals surface area contributed by atoms with Crippen molar-refractivity contribution in [3.8, 4) is 5.75 Å². The predicted molar refractivity (Wildman–Crippen MR) is 96.2 cm³/mol. The monoisotopic (exact) mass is 346 g/mol. The van der Waals surface area contributed by atoms with Gasteiger partial charge in [0.25, 0.3) is 0 Å². The Morgan fingerprint density at radius 2 is 1.68 bits per heavy atom. The number of hydrogen-bond donors (Lipinski definition) is 2. The van der Waals surface area contributed by atoms with Gasteiger partial charge in [0.1, 0.15) is 18.2 Å². The molecule has 2 aromatic rings. The summed E-state index contributed by atoms with van der Waals surface area (Å²) in [4.78, 5) is 0. The highest BCUT2D eigenvalue weighted by Crippen LogP contribution is 2.25. The summed E-state index contributed by atoms with van der Waals surface area (Å²) in [6.45, 7) is 6.72. The van der Waals surface area contributed by atoms with E-state index in [1.807, 2.05) is 30.3 Å². The largest absolute Gasteiger partial charge is 0.494 e. The molecule has 2 rings (SSSR count). The van der Waals surface area contributed by atoms with Gasteiger partial charge in [-0.15, -0.1) is 0 Å². The smallest absolute Gasteiger partial charge is 0.489 e. The van der Waals surface area contributed by atoms with Crippen molar-refractivity contribution < 1.29 is 23.9 Å². The second-order valence-corrected chi connectivity index (χ2v) is 7.00. The average Bonchev–Trinajstić information content (AvgIpc) is 2.52. The Morgan fingerprint density at radius 1 is 1.04 bits per heavy atom. The van der Waals surface area contributed by atoms with Crippen LogP contribution in [0.1, 0.15) is 33.3 Å². The van der Waals surface area contributed by atoms with Gasteiger partial charge < -0.3 is 19.5 Å². The van der Waals surface area contributed by atoms with Crippen molar-refractivity contribution in [2.75, 3.05) is 0 Å². The van der Waals surface area contributed by atoms with E-state index in [1.54, 1.807) is 33.8 Å². The van der Waals surface area contributed by atoms with E-state index in [0.29, 0.717) is 12.4 Å². The van der Waals surface area contributed by atoms with Crippen molar-refractivity contribution in [3.63, 3.8) is 0 Å². The van der Waals surface area contributed by atoms with Gasteiger partial charge in [0, 0.05) is 11.5 Å². The molecule has 0 fully saturated rings. The topological polar surface area (TPSA) is 58.9 Å². The van der Waals surface area contributed by atoms with E-state index in [0.717, 1.165) is 5.56 Å². The van der Waals surface area contributed by atoms with Crippen molar-refractivity contribution in [2.24, 2.45) is 0 Å². The zero-order valence-corrected chi connectivity index (χ0v) is 15.0. The minimum absolute atomic E-state index is 0.00983. The fourth-order valence-electron chi connectivity index (χ4n) is 2.03. The third kappa shape index (κ3) is 5.04. The van der Waals surface area contributed by atoms with E-state index in [9.17, 15) is 14.5 Å². The lowest BCUT2D eigenvalue weighted by atomic mass is 9.76. The second-order valence-electron chi connectivity index (χ2n) is 7.00. The quantitative estimate of drug-likeness (QED) is 0.757. The van der Waals surface area contributed by atoms with E-state index in [1.165, 1.54) is 12.1 Å². The van der Waals surface area contributed by atoms with Gasteiger partial charge in [-0.05, 0) is 39.3 Å². The first-order chi connectivity index (χ1) is 11.6. The van der Waals surface area contributed by atoms with Gasteiger partial charge >= 0.3 is 7.12 Å². The van der Waals surface area contributed by atoms with Crippen LogP contribution in [0.2, 0.25) is 0 Å². The lowest BCUT2D eigenvalue weighted by Gasteiger charge is -2.38. The van der Waals surface area contributed by atoms with Crippen molar-refractivity contribution in [3.05, 3.63) is 59.9 Å². The van der Waals surface area contributed by atoms with Crippen molar-refractivity contribution in [2.45, 2.75) is 45.5 Å². The van der Waals surface area contributed by atoms with Crippen LogP contribution < -0.4 is 10.2 Å². The zero-order chi connectivity index (χ0) is 18.7. The van der Waals surface area contributed by atoms with Crippen LogP contribution in [0, 0.1) is 5.82 Å². The molecule has 25 heavy (non-hydrogen) atoms. The third-order valence-corrected chi connectivity index (χ3v) is 4.37. The molecule has 0 aromatic heterocycles. The molecule has 0 aliphatic rings. The summed E-state index contributed by atoms with van der Waals surface area (Å²) in [5.74, 6) is -0.274. The van der Waals surface area contributed by atoms with Gasteiger partial charge in [-0.1, -0.05) is 36.4 Å². The number of rotatable bonds is 7. The normalized spacial score (nSPS) is 12.1. The third-order valence-electron chi connectivity index (χ3n) is 4.37. The summed E-state index contributed by atoms with van der Waals surface area (Å²) in [7, 11) is -1.50. The number of hydrogen-bond acceptors (Lipinski definition) is 4. The van der Waals surface area contributed by atoms with Crippen LogP contribution in [0.15, 0.2) is 48.5 Å². The summed E-state index contributed by atoms with van der Waals surface area (Å²) in [6, 6.07) is 13.8.